The number of rotatable bonds is 10. The molecule has 0 aliphatic carbocycles. The van der Waals surface area contributed by atoms with Gasteiger partial charge in [-0.2, -0.15) is 13.2 Å². The average Bonchev–Trinajstić information content (AvgIpc) is 3.38. The Morgan fingerprint density at radius 2 is 1.56 bits per heavy atom. The molecule has 0 aliphatic rings. The number of nitrogens with zero attached hydrogens (tertiary/aromatic N) is 1. The van der Waals surface area contributed by atoms with Crippen LogP contribution in [0.1, 0.15) is 54.2 Å². The smallest absolute Gasteiger partial charge is 0.416 e. The molecule has 2 N–H and O–H groups in total. The van der Waals surface area contributed by atoms with Crippen molar-refractivity contribution >= 4 is 17.5 Å². The lowest BCUT2D eigenvalue weighted by atomic mass is 10.1. The molecule has 1 aromatic heterocycles. The van der Waals surface area contributed by atoms with Crippen LogP contribution in [0.15, 0.2) is 83.3 Å². The molecule has 0 aliphatic heterocycles. The molecule has 202 valence electrons. The maximum atomic E-state index is 13.4. The van der Waals surface area contributed by atoms with Crippen LogP contribution in [0.3, 0.4) is 0 Å². The van der Waals surface area contributed by atoms with E-state index in [-0.39, 0.29) is 35.4 Å². The lowest BCUT2D eigenvalue weighted by Crippen LogP contribution is -2.25. The minimum Gasteiger partial charge on any atom is -0.435 e. The molecule has 4 rings (SSSR count). The van der Waals surface area contributed by atoms with Crippen LogP contribution in [0.4, 0.5) is 18.9 Å². The third-order valence-electron chi connectivity index (χ3n) is 6.06. The second-order valence-corrected chi connectivity index (χ2v) is 8.98. The van der Waals surface area contributed by atoms with Gasteiger partial charge in [-0.3, -0.25) is 9.59 Å². The third-order valence-corrected chi connectivity index (χ3v) is 6.06. The minimum atomic E-state index is -4.55. The Hall–Kier alpha value is -4.40. The molecule has 0 radical (unpaired) electrons. The predicted molar refractivity (Wildman–Crippen MR) is 143 cm³/mol. The van der Waals surface area contributed by atoms with Gasteiger partial charge in [0.15, 0.2) is 11.5 Å². The molecule has 0 spiro atoms. The Kier molecular flexibility index (Phi) is 8.81. The fraction of sp³-hybridized carbons (Fsp3) is 0.233. The van der Waals surface area contributed by atoms with E-state index in [1.54, 1.807) is 48.5 Å². The first-order valence-corrected chi connectivity index (χ1v) is 12.7. The van der Waals surface area contributed by atoms with E-state index in [1.165, 1.54) is 18.2 Å². The molecule has 3 aromatic carbocycles. The minimum absolute atomic E-state index is 0.0605. The molecule has 0 bridgehead atoms. The van der Waals surface area contributed by atoms with Crippen molar-refractivity contribution in [2.75, 3.05) is 5.32 Å². The highest BCUT2D eigenvalue weighted by atomic mass is 19.4. The third kappa shape index (κ3) is 7.13. The summed E-state index contributed by atoms with van der Waals surface area (Å²) in [5.41, 5.74) is 0.812. The first kappa shape index (κ1) is 27.6. The van der Waals surface area contributed by atoms with Gasteiger partial charge in [0.25, 0.3) is 5.91 Å². The van der Waals surface area contributed by atoms with Gasteiger partial charge in [-0.1, -0.05) is 56.2 Å². The summed E-state index contributed by atoms with van der Waals surface area (Å²) in [6, 6.07) is 20.8. The van der Waals surface area contributed by atoms with Gasteiger partial charge in [0.2, 0.25) is 11.8 Å². The van der Waals surface area contributed by atoms with Crippen molar-refractivity contribution in [3.63, 3.8) is 0 Å². The largest absolute Gasteiger partial charge is 0.435 e. The van der Waals surface area contributed by atoms with Gasteiger partial charge < -0.3 is 15.1 Å². The highest BCUT2D eigenvalue weighted by Crippen LogP contribution is 2.33. The lowest BCUT2D eigenvalue weighted by molar-refractivity contribution is -0.138. The zero-order chi connectivity index (χ0) is 27.8. The topological polar surface area (TPSA) is 84.2 Å². The van der Waals surface area contributed by atoms with Gasteiger partial charge in [-0.15, -0.1) is 0 Å². The maximum absolute atomic E-state index is 13.4. The van der Waals surface area contributed by atoms with Crippen molar-refractivity contribution in [1.29, 1.82) is 0 Å². The molecule has 4 aromatic rings. The van der Waals surface area contributed by atoms with Crippen LogP contribution in [0, 0.1) is 0 Å². The Labute approximate surface area is 224 Å². The lowest BCUT2D eigenvalue weighted by Gasteiger charge is -2.13. The molecular weight excluding hydrogens is 507 g/mol. The molecule has 0 atom stereocenters. The average molecular weight is 536 g/mol. The summed E-state index contributed by atoms with van der Waals surface area (Å²) < 4.78 is 46.2. The molecule has 6 nitrogen and oxygen atoms in total. The first-order chi connectivity index (χ1) is 18.8. The number of hydrogen-bond donors (Lipinski definition) is 2. The Bertz CT molecular complexity index is 1410. The highest BCUT2D eigenvalue weighted by molar-refractivity contribution is 5.98. The number of carbonyl (C=O) groups is 2. The summed E-state index contributed by atoms with van der Waals surface area (Å²) in [5, 5.41) is 5.39. The zero-order valence-corrected chi connectivity index (χ0v) is 21.3. The van der Waals surface area contributed by atoms with E-state index in [1.807, 2.05) is 6.07 Å². The van der Waals surface area contributed by atoms with Crippen molar-refractivity contribution in [2.45, 2.75) is 45.3 Å². The van der Waals surface area contributed by atoms with Gasteiger partial charge >= 0.3 is 6.18 Å². The van der Waals surface area contributed by atoms with Crippen molar-refractivity contribution in [1.82, 2.24) is 10.3 Å². The molecule has 2 amide bonds. The fourth-order valence-corrected chi connectivity index (χ4v) is 4.05. The number of aromatic nitrogens is 1. The number of benzene rings is 3. The summed E-state index contributed by atoms with van der Waals surface area (Å²) in [4.78, 5) is 29.7. The molecule has 0 unspecified atom stereocenters. The number of anilines is 1. The van der Waals surface area contributed by atoms with E-state index in [0.29, 0.717) is 23.2 Å². The van der Waals surface area contributed by atoms with Crippen LogP contribution in [0.5, 0.6) is 0 Å². The summed E-state index contributed by atoms with van der Waals surface area (Å²) in [6.45, 7) is 1.73. The van der Waals surface area contributed by atoms with Crippen LogP contribution in [-0.2, 0) is 17.5 Å². The maximum Gasteiger partial charge on any atom is 0.416 e. The van der Waals surface area contributed by atoms with E-state index in [4.69, 9.17) is 4.42 Å². The standard InChI is InChI=1S/C30H28F3N3O3/c1-2-3-5-14-25(37)35-23-17-15-20(16-18-23)27-26(36-29(39-27)21-10-6-4-7-11-21)28(38)34-19-22-12-8-9-13-24(22)30(31,32)33/h4,6-13,15-18H,2-3,5,14,19H2,1H3,(H,34,38)(H,35,37). The first-order valence-electron chi connectivity index (χ1n) is 12.7. The SMILES string of the molecule is CCCCCC(=O)Nc1ccc(-c2oc(-c3ccccc3)nc2C(=O)NCc2ccccc2C(F)(F)F)cc1. The van der Waals surface area contributed by atoms with E-state index in [9.17, 15) is 22.8 Å². The Balaban J connectivity index is 1.58. The van der Waals surface area contributed by atoms with Crippen LogP contribution in [0.2, 0.25) is 0 Å². The zero-order valence-electron chi connectivity index (χ0n) is 21.3. The van der Waals surface area contributed by atoms with Gasteiger partial charge in [0, 0.05) is 29.8 Å². The number of nitrogens with one attached hydrogen (secondary N) is 2. The monoisotopic (exact) mass is 535 g/mol. The molecule has 0 fully saturated rings. The molecule has 0 saturated heterocycles. The fourth-order valence-electron chi connectivity index (χ4n) is 4.05. The van der Waals surface area contributed by atoms with Gasteiger partial charge in [0.05, 0.1) is 5.56 Å². The van der Waals surface area contributed by atoms with Gasteiger partial charge in [-0.25, -0.2) is 4.98 Å². The highest BCUT2D eigenvalue weighted by Gasteiger charge is 2.33. The number of halogens is 3. The summed E-state index contributed by atoms with van der Waals surface area (Å²) in [5.74, 6) is -0.404. The normalized spacial score (nSPS) is 11.3. The molecule has 9 heteroatoms. The number of amides is 2. The van der Waals surface area contributed by atoms with Crippen molar-refractivity contribution < 1.29 is 27.2 Å². The molecule has 0 saturated carbocycles. The number of hydrogen-bond acceptors (Lipinski definition) is 4. The van der Waals surface area contributed by atoms with E-state index >= 15 is 0 Å². The van der Waals surface area contributed by atoms with E-state index < -0.39 is 17.6 Å². The summed E-state index contributed by atoms with van der Waals surface area (Å²) >= 11 is 0. The second kappa shape index (κ2) is 12.4. The Morgan fingerprint density at radius 3 is 2.26 bits per heavy atom. The molecular formula is C30H28F3N3O3. The number of oxazole rings is 1. The quantitative estimate of drug-likeness (QED) is 0.206. The van der Waals surface area contributed by atoms with Crippen LogP contribution in [-0.4, -0.2) is 16.8 Å². The van der Waals surface area contributed by atoms with Gasteiger partial charge in [-0.05, 0) is 54.4 Å². The van der Waals surface area contributed by atoms with Crippen molar-refractivity contribution in [2.24, 2.45) is 0 Å². The number of alkyl halides is 3. The van der Waals surface area contributed by atoms with E-state index in [2.05, 4.69) is 22.5 Å². The predicted octanol–water partition coefficient (Wildman–Crippen LogP) is 7.48. The Morgan fingerprint density at radius 1 is 0.872 bits per heavy atom. The van der Waals surface area contributed by atoms with Crippen LogP contribution in [0.25, 0.3) is 22.8 Å². The number of carbonyl (C=O) groups excluding carboxylic acids is 2. The van der Waals surface area contributed by atoms with Crippen LogP contribution < -0.4 is 10.6 Å². The summed E-state index contributed by atoms with van der Waals surface area (Å²) in [6.07, 6.45) is -1.30. The number of unbranched alkanes of at least 4 members (excludes halogenated alkanes) is 2. The van der Waals surface area contributed by atoms with Crippen molar-refractivity contribution in [3.8, 4) is 22.8 Å². The second-order valence-electron chi connectivity index (χ2n) is 8.98. The van der Waals surface area contributed by atoms with Crippen LogP contribution >= 0.6 is 0 Å². The van der Waals surface area contributed by atoms with Crippen molar-refractivity contribution in [3.05, 3.63) is 95.7 Å². The molecule has 39 heavy (non-hydrogen) atoms. The summed E-state index contributed by atoms with van der Waals surface area (Å²) in [7, 11) is 0. The van der Waals surface area contributed by atoms with E-state index in [0.717, 1.165) is 25.3 Å². The van der Waals surface area contributed by atoms with Gasteiger partial charge in [0.1, 0.15) is 0 Å². The molecule has 1 heterocycles.